The van der Waals surface area contributed by atoms with Crippen LogP contribution in [0, 0.1) is 6.92 Å². The summed E-state index contributed by atoms with van der Waals surface area (Å²) in [5, 5.41) is 0.679. The molecule has 1 aliphatic rings. The average molecular weight is 339 g/mol. The summed E-state index contributed by atoms with van der Waals surface area (Å²) >= 11 is 6.21. The summed E-state index contributed by atoms with van der Waals surface area (Å²) in [5.74, 6) is -0.211. The third-order valence-corrected chi connectivity index (χ3v) is 4.70. The Labute approximate surface area is 138 Å². The van der Waals surface area contributed by atoms with E-state index in [1.807, 2.05) is 24.3 Å². The molecular formula is C17H17ClF2N2O. The molecular weight excluding hydrogens is 322 g/mol. The molecule has 1 amide bonds. The van der Waals surface area contributed by atoms with E-state index in [-0.39, 0.29) is 17.5 Å². The zero-order valence-corrected chi connectivity index (χ0v) is 13.4. The molecule has 122 valence electrons. The van der Waals surface area contributed by atoms with Crippen LogP contribution in [0.15, 0.2) is 36.4 Å². The second-order valence-corrected chi connectivity index (χ2v) is 6.17. The molecule has 0 radical (unpaired) electrons. The smallest absolute Gasteiger partial charge is 0.319 e. The standard InChI is InChI=1S/C17H17ClF2N2O/c1-11-6-7-15(22(11)17(19)20)16(23)21-9-8-12(10-21)13-4-2-3-5-14(13)18/h2-7,12,17H,8-10H2,1H3. The lowest BCUT2D eigenvalue weighted by atomic mass is 9.98. The molecule has 2 aromatic rings. The summed E-state index contributed by atoms with van der Waals surface area (Å²) in [6.45, 7) is -0.108. The minimum atomic E-state index is -2.72. The van der Waals surface area contributed by atoms with Gasteiger partial charge < -0.3 is 4.90 Å². The minimum Gasteiger partial charge on any atom is -0.337 e. The Morgan fingerprint density at radius 3 is 2.70 bits per heavy atom. The van der Waals surface area contributed by atoms with Gasteiger partial charge in [-0.2, -0.15) is 8.78 Å². The number of carbonyl (C=O) groups is 1. The van der Waals surface area contributed by atoms with Gasteiger partial charge in [0.15, 0.2) is 0 Å². The van der Waals surface area contributed by atoms with Crippen LogP contribution in [0.2, 0.25) is 5.02 Å². The van der Waals surface area contributed by atoms with Crippen molar-refractivity contribution in [2.24, 2.45) is 0 Å². The van der Waals surface area contributed by atoms with Crippen LogP contribution in [0.25, 0.3) is 0 Å². The van der Waals surface area contributed by atoms with Crippen LogP contribution in [0.3, 0.4) is 0 Å². The van der Waals surface area contributed by atoms with Crippen LogP contribution in [-0.4, -0.2) is 28.5 Å². The van der Waals surface area contributed by atoms with Gasteiger partial charge in [0.25, 0.3) is 5.91 Å². The fourth-order valence-corrected chi connectivity index (χ4v) is 3.44. The van der Waals surface area contributed by atoms with E-state index in [1.54, 1.807) is 17.9 Å². The van der Waals surface area contributed by atoms with Gasteiger partial charge in [-0.05, 0) is 37.1 Å². The molecule has 1 saturated heterocycles. The summed E-state index contributed by atoms with van der Waals surface area (Å²) in [4.78, 5) is 14.2. The highest BCUT2D eigenvalue weighted by molar-refractivity contribution is 6.31. The number of hydrogen-bond donors (Lipinski definition) is 0. The van der Waals surface area contributed by atoms with Gasteiger partial charge in [0, 0.05) is 29.7 Å². The molecule has 1 atom stereocenters. The van der Waals surface area contributed by atoms with Crippen LogP contribution >= 0.6 is 11.6 Å². The summed E-state index contributed by atoms with van der Waals surface area (Å²) in [6, 6.07) is 10.6. The Balaban J connectivity index is 1.80. The zero-order chi connectivity index (χ0) is 16.6. The number of hydrogen-bond acceptors (Lipinski definition) is 1. The molecule has 2 heterocycles. The number of alkyl halides is 2. The Hall–Kier alpha value is -1.88. The molecule has 23 heavy (non-hydrogen) atoms. The third-order valence-electron chi connectivity index (χ3n) is 4.36. The molecule has 0 aliphatic carbocycles. The SMILES string of the molecule is Cc1ccc(C(=O)N2CCC(c3ccccc3Cl)C2)n1C(F)F. The highest BCUT2D eigenvalue weighted by Gasteiger charge is 2.31. The normalized spacial score (nSPS) is 18.0. The molecule has 1 aromatic heterocycles. The predicted molar refractivity (Wildman–Crippen MR) is 85.1 cm³/mol. The maximum atomic E-state index is 13.1. The van der Waals surface area contributed by atoms with Crippen LogP contribution in [-0.2, 0) is 0 Å². The summed E-state index contributed by atoms with van der Waals surface area (Å²) in [6.07, 6.45) is 0.782. The Morgan fingerprint density at radius 1 is 1.26 bits per heavy atom. The van der Waals surface area contributed by atoms with Crippen molar-refractivity contribution in [2.75, 3.05) is 13.1 Å². The van der Waals surface area contributed by atoms with E-state index in [0.29, 0.717) is 23.8 Å². The molecule has 1 aromatic carbocycles. The van der Waals surface area contributed by atoms with E-state index >= 15 is 0 Å². The van der Waals surface area contributed by atoms with E-state index in [4.69, 9.17) is 11.6 Å². The van der Waals surface area contributed by atoms with Crippen molar-refractivity contribution >= 4 is 17.5 Å². The molecule has 1 unspecified atom stereocenters. The first-order chi connectivity index (χ1) is 11.0. The number of halogens is 3. The maximum Gasteiger partial charge on any atom is 0.319 e. The second kappa shape index (κ2) is 6.32. The van der Waals surface area contributed by atoms with Crippen molar-refractivity contribution in [3.63, 3.8) is 0 Å². The number of amides is 1. The molecule has 0 saturated carbocycles. The van der Waals surface area contributed by atoms with E-state index in [0.717, 1.165) is 16.6 Å². The van der Waals surface area contributed by atoms with Crippen LogP contribution < -0.4 is 0 Å². The van der Waals surface area contributed by atoms with Crippen LogP contribution in [0.1, 0.15) is 40.6 Å². The van der Waals surface area contributed by atoms with Crippen LogP contribution in [0.5, 0.6) is 0 Å². The van der Waals surface area contributed by atoms with Gasteiger partial charge in [-0.1, -0.05) is 29.8 Å². The van der Waals surface area contributed by atoms with Crippen molar-refractivity contribution in [1.82, 2.24) is 9.47 Å². The predicted octanol–water partition coefficient (Wildman–Crippen LogP) is 4.47. The van der Waals surface area contributed by atoms with Crippen molar-refractivity contribution in [3.8, 4) is 0 Å². The molecule has 3 rings (SSSR count). The highest BCUT2D eigenvalue weighted by Crippen LogP contribution is 2.33. The number of carbonyl (C=O) groups excluding carboxylic acids is 1. The number of likely N-dealkylation sites (tertiary alicyclic amines) is 1. The van der Waals surface area contributed by atoms with Gasteiger partial charge >= 0.3 is 6.55 Å². The summed E-state index contributed by atoms with van der Waals surface area (Å²) in [5.41, 5.74) is 1.42. The van der Waals surface area contributed by atoms with Crippen molar-refractivity contribution in [1.29, 1.82) is 0 Å². The fourth-order valence-electron chi connectivity index (χ4n) is 3.15. The van der Waals surface area contributed by atoms with E-state index in [2.05, 4.69) is 0 Å². The van der Waals surface area contributed by atoms with Crippen molar-refractivity contribution < 1.29 is 13.6 Å². The number of aromatic nitrogens is 1. The highest BCUT2D eigenvalue weighted by atomic mass is 35.5. The fraction of sp³-hybridized carbons (Fsp3) is 0.353. The number of nitrogens with zero attached hydrogens (tertiary/aromatic N) is 2. The zero-order valence-electron chi connectivity index (χ0n) is 12.7. The summed E-state index contributed by atoms with van der Waals surface area (Å²) in [7, 11) is 0. The number of aryl methyl sites for hydroxylation is 1. The summed E-state index contributed by atoms with van der Waals surface area (Å²) < 4.78 is 27.1. The van der Waals surface area contributed by atoms with Crippen molar-refractivity contribution in [2.45, 2.75) is 25.8 Å². The lowest BCUT2D eigenvalue weighted by molar-refractivity contribution is 0.0566. The van der Waals surface area contributed by atoms with E-state index in [9.17, 15) is 13.6 Å². The maximum absolute atomic E-state index is 13.1. The first-order valence-electron chi connectivity index (χ1n) is 7.48. The molecule has 0 spiro atoms. The monoisotopic (exact) mass is 338 g/mol. The average Bonchev–Trinajstić information content (AvgIpc) is 3.13. The van der Waals surface area contributed by atoms with E-state index < -0.39 is 6.55 Å². The topological polar surface area (TPSA) is 25.2 Å². The van der Waals surface area contributed by atoms with Crippen molar-refractivity contribution in [3.05, 3.63) is 58.4 Å². The molecule has 3 nitrogen and oxygen atoms in total. The first kappa shape index (κ1) is 16.0. The van der Waals surface area contributed by atoms with Gasteiger partial charge in [0.2, 0.25) is 0 Å². The Morgan fingerprint density at radius 2 is 2.00 bits per heavy atom. The van der Waals surface area contributed by atoms with Gasteiger partial charge in [-0.15, -0.1) is 0 Å². The lowest BCUT2D eigenvalue weighted by Crippen LogP contribution is -2.30. The molecule has 6 heteroatoms. The lowest BCUT2D eigenvalue weighted by Gasteiger charge is -2.19. The Kier molecular flexibility index (Phi) is 4.39. The Bertz CT molecular complexity index is 729. The van der Waals surface area contributed by atoms with E-state index in [1.165, 1.54) is 6.07 Å². The second-order valence-electron chi connectivity index (χ2n) is 5.77. The molecule has 1 fully saturated rings. The van der Waals surface area contributed by atoms with Gasteiger partial charge in [0.1, 0.15) is 5.69 Å². The van der Waals surface area contributed by atoms with Crippen LogP contribution in [0.4, 0.5) is 8.78 Å². The van der Waals surface area contributed by atoms with Gasteiger partial charge in [-0.25, -0.2) is 0 Å². The molecule has 0 N–H and O–H groups in total. The van der Waals surface area contributed by atoms with Gasteiger partial charge in [-0.3, -0.25) is 9.36 Å². The molecule has 1 aliphatic heterocycles. The molecule has 0 bridgehead atoms. The largest absolute Gasteiger partial charge is 0.337 e. The quantitative estimate of drug-likeness (QED) is 0.810. The first-order valence-corrected chi connectivity index (χ1v) is 7.86. The third kappa shape index (κ3) is 2.98. The number of benzene rings is 1. The van der Waals surface area contributed by atoms with Gasteiger partial charge in [0.05, 0.1) is 0 Å². The minimum absolute atomic E-state index is 0.0392. The number of rotatable bonds is 3.